The molecular formula is C71H99N12O27P2-. The summed E-state index contributed by atoms with van der Waals surface area (Å²) in [6.07, 6.45) is 6.21. The van der Waals surface area contributed by atoms with E-state index in [9.17, 15) is 101 Å². The Hall–Kier alpha value is -9.30. The van der Waals surface area contributed by atoms with Gasteiger partial charge >= 0.3 is 13.8 Å². The van der Waals surface area contributed by atoms with Crippen LogP contribution in [0.25, 0.3) is 0 Å². The molecule has 1 saturated heterocycles. The summed E-state index contributed by atoms with van der Waals surface area (Å²) in [6.45, 7) is -2.39. The molecule has 41 heteroatoms. The van der Waals surface area contributed by atoms with Crippen LogP contribution in [-0.2, 0) is 110 Å². The first-order valence-electron chi connectivity index (χ1n) is 35.9. The number of carboxylic acid groups (broad SMARTS) is 1. The molecule has 0 aromatic heterocycles. The van der Waals surface area contributed by atoms with Crippen molar-refractivity contribution in [3.63, 3.8) is 0 Å². The third-order valence-corrected chi connectivity index (χ3v) is 24.0. The van der Waals surface area contributed by atoms with Gasteiger partial charge in [-0.2, -0.15) is 0 Å². The first-order valence-corrected chi connectivity index (χ1v) is 38.9. The van der Waals surface area contributed by atoms with Crippen LogP contribution in [0, 0.1) is 28.6 Å². The van der Waals surface area contributed by atoms with Crippen molar-refractivity contribution in [3.8, 4) is 0 Å². The van der Waals surface area contributed by atoms with Crippen molar-refractivity contribution in [3.05, 3.63) is 65.3 Å². The second kappa shape index (κ2) is 37.1. The Morgan fingerprint density at radius 2 is 1.11 bits per heavy atom. The maximum absolute atomic E-state index is 14.6. The summed E-state index contributed by atoms with van der Waals surface area (Å²) in [5, 5.41) is 23.4. The minimum absolute atomic E-state index is 0.0479. The molecule has 616 valence electrons. The number of nitrogens with zero attached hydrogens (tertiary/aromatic N) is 11. The number of likely N-dealkylation sites (N-methyl/N-ethyl adjacent to an activating group) is 10. The van der Waals surface area contributed by atoms with E-state index >= 15 is 0 Å². The van der Waals surface area contributed by atoms with E-state index in [4.69, 9.17) is 23.6 Å². The number of nitrogens with one attached hydrogen (secondary N) is 1. The standard InChI is InChI=1S/C71H100N12O27P2/c1-14-15-66-108-52-30-49-47-20-18-44-28-46(84)24-25-69(44,2)67(47)50(85)31-70(49,3)71(52,109-66)51(86)42-107-112(104,105)110-111(102,103)106-27-26-72-53(87)21-17-43-16-19-45(83-54(88)22-23-55(83)89)29-48(43)68(101)82(13)40-64(98)80(11)38-62(96)78(9)36-60(94)76(7)34-58(92)74(5)32-56(90)73(4)33-57(91)75(6)35-59(93)77(8)37-61(95)79(10)39-63(97)81(12)41-65(99)100/h16,19,22-25,28-29,47,49-50,52,66-67,85H,14-15,17-18,20-21,26-27,30-42H2,1-13H3,(H,72,87)(H,99,100)(H,102,103)(H,104,105)/p-1/t47-,49-,50-,52+,66+,67+,69-,70-,71+/m0/s1. The maximum atomic E-state index is 14.6. The lowest BCUT2D eigenvalue weighted by Gasteiger charge is -2.59. The fourth-order valence-corrected chi connectivity index (χ4v) is 17.1. The zero-order valence-electron chi connectivity index (χ0n) is 64.9. The van der Waals surface area contributed by atoms with Gasteiger partial charge in [-0.25, -0.2) is 13.8 Å². The third-order valence-electron chi connectivity index (χ3n) is 21.4. The number of amides is 13. The van der Waals surface area contributed by atoms with Crippen LogP contribution in [0.15, 0.2) is 54.2 Å². The average molecular weight is 1610 g/mol. The molecule has 0 bridgehead atoms. The van der Waals surface area contributed by atoms with Crippen molar-refractivity contribution in [1.29, 1.82) is 0 Å². The SMILES string of the molecule is CCC[C@@H]1O[C@@H]2C[C@H]3[C@@H]4CCC5=CC(=O)C=C[C@]5(C)[C@H]4[C@@H](O)C[C@]3(C)[C@]2(C(=O)COP(=O)([O-])OP(=O)(O)OCCNC(=O)CCc2ccc(N3C(=O)C=CC3=O)cc2C(=O)N(C)CC(=O)N(C)CC(=O)N(C)CC(=O)N(C)CC(=O)N(C)CC(=O)N(C)CC(=O)N(C)CC(=O)N(C)CC(=O)N(C)CC(=O)N(C)CC(=O)O)O1. The van der Waals surface area contributed by atoms with Gasteiger partial charge in [-0.3, -0.25) is 85.8 Å². The normalized spacial score (nSPS) is 23.6. The topological polar surface area (TPSA) is 485 Å². The van der Waals surface area contributed by atoms with E-state index in [-0.39, 0.29) is 59.6 Å². The number of hydrogen-bond acceptors (Lipinski definition) is 25. The Morgan fingerprint density at radius 3 is 1.56 bits per heavy atom. The molecule has 1 aromatic rings. The number of fused-ring (bicyclic) bond motifs is 7. The van der Waals surface area contributed by atoms with Crippen molar-refractivity contribution in [2.45, 2.75) is 96.2 Å². The molecule has 13 amide bonds. The van der Waals surface area contributed by atoms with Crippen LogP contribution in [0.2, 0.25) is 0 Å². The number of phosphoric acid groups is 2. The number of aliphatic carboxylic acids is 1. The molecule has 11 atom stereocenters. The molecular weight excluding hydrogens is 1510 g/mol. The van der Waals surface area contributed by atoms with Gasteiger partial charge in [0, 0.05) is 118 Å². The van der Waals surface area contributed by atoms with Gasteiger partial charge in [-0.15, -0.1) is 0 Å². The predicted octanol–water partition coefficient (Wildman–Crippen LogP) is -2.20. The number of aliphatic hydroxyl groups excluding tert-OH is 1. The van der Waals surface area contributed by atoms with E-state index < -0.39 is 224 Å². The number of hydrogen-bond donors (Lipinski definition) is 4. The van der Waals surface area contributed by atoms with E-state index in [2.05, 4.69) is 9.63 Å². The van der Waals surface area contributed by atoms with Crippen LogP contribution in [0.3, 0.4) is 0 Å². The van der Waals surface area contributed by atoms with Crippen LogP contribution in [0.4, 0.5) is 5.69 Å². The molecule has 2 unspecified atom stereocenters. The van der Waals surface area contributed by atoms with Crippen molar-refractivity contribution in [1.82, 2.24) is 54.3 Å². The van der Waals surface area contributed by atoms with E-state index in [0.717, 1.165) is 71.6 Å². The highest BCUT2D eigenvalue weighted by molar-refractivity contribution is 7.60. The molecule has 2 aliphatic heterocycles. The first kappa shape index (κ1) is 89.9. The summed E-state index contributed by atoms with van der Waals surface area (Å²) in [7, 11) is 1.23. The summed E-state index contributed by atoms with van der Waals surface area (Å²) < 4.78 is 53.4. The van der Waals surface area contributed by atoms with Crippen molar-refractivity contribution in [2.75, 3.05) is 161 Å². The zero-order valence-corrected chi connectivity index (χ0v) is 66.7. The Labute approximate surface area is 646 Å². The van der Waals surface area contributed by atoms with Crippen LogP contribution in [-0.4, -0.2) is 338 Å². The first-order chi connectivity index (χ1) is 52.2. The van der Waals surface area contributed by atoms with E-state index in [1.165, 1.54) is 94.8 Å². The number of ether oxygens (including phenoxy) is 2. The number of imide groups is 1. The van der Waals surface area contributed by atoms with Gasteiger partial charge in [0.1, 0.15) is 13.2 Å². The smallest absolute Gasteiger partial charge is 0.478 e. The highest BCUT2D eigenvalue weighted by Crippen LogP contribution is 2.70. The van der Waals surface area contributed by atoms with Crippen LogP contribution < -0.4 is 15.1 Å². The Morgan fingerprint density at radius 1 is 0.652 bits per heavy atom. The molecule has 112 heavy (non-hydrogen) atoms. The van der Waals surface area contributed by atoms with E-state index in [0.29, 0.717) is 32.1 Å². The number of Topliss-reactive ketones (excluding diaryl/α,β-unsaturated/α-hetero) is 1. The van der Waals surface area contributed by atoms with Crippen molar-refractivity contribution in [2.24, 2.45) is 28.6 Å². The second-order valence-electron chi connectivity index (χ2n) is 29.5. The van der Waals surface area contributed by atoms with Gasteiger partial charge in [-0.1, -0.05) is 44.9 Å². The van der Waals surface area contributed by atoms with Crippen LogP contribution in [0.1, 0.15) is 81.6 Å². The summed E-state index contributed by atoms with van der Waals surface area (Å²) >= 11 is 0. The Balaban J connectivity index is 0.844. The second-order valence-corrected chi connectivity index (χ2v) is 32.5. The molecule has 4 aliphatic carbocycles. The lowest BCUT2D eigenvalue weighted by molar-refractivity contribution is -0.221. The Kier molecular flexibility index (Phi) is 29.8. The fourth-order valence-electron chi connectivity index (χ4n) is 15.1. The molecule has 39 nitrogen and oxygen atoms in total. The number of benzene rings is 1. The predicted molar refractivity (Wildman–Crippen MR) is 389 cm³/mol. The highest BCUT2D eigenvalue weighted by Gasteiger charge is 2.76. The van der Waals surface area contributed by atoms with E-state index in [1.54, 1.807) is 6.08 Å². The number of allylic oxidation sites excluding steroid dienone is 4. The van der Waals surface area contributed by atoms with Crippen LogP contribution in [0.5, 0.6) is 0 Å². The quantitative estimate of drug-likeness (QED) is 0.0312. The summed E-state index contributed by atoms with van der Waals surface area (Å²) in [5.74, 6) is -12.4. The highest BCUT2D eigenvalue weighted by atomic mass is 31.3. The van der Waals surface area contributed by atoms with Gasteiger partial charge in [0.05, 0.1) is 83.4 Å². The number of carboxylic acids is 1. The molecule has 4 fully saturated rings. The number of rotatable bonds is 37. The minimum Gasteiger partial charge on any atom is -0.756 e. The number of anilines is 1. The van der Waals surface area contributed by atoms with Gasteiger partial charge in [-0.05, 0) is 80.2 Å². The molecule has 1 aromatic carbocycles. The monoisotopic (exact) mass is 1610 g/mol. The lowest BCUT2D eigenvalue weighted by Crippen LogP contribution is -2.63. The maximum Gasteiger partial charge on any atom is 0.478 e. The van der Waals surface area contributed by atoms with Crippen LogP contribution >= 0.6 is 15.6 Å². The fraction of sp³-hybridized carbons (Fsp3) is 0.606. The van der Waals surface area contributed by atoms with Gasteiger partial charge in [0.25, 0.3) is 25.5 Å². The number of aryl methyl sites for hydroxylation is 1. The summed E-state index contributed by atoms with van der Waals surface area (Å²) in [6, 6.07) is 3.90. The van der Waals surface area contributed by atoms with E-state index in [1.807, 2.05) is 26.8 Å². The Bertz CT molecular complexity index is 4100. The van der Waals surface area contributed by atoms with Crippen molar-refractivity contribution >= 4 is 116 Å². The number of carbonyl (C=O) groups excluding carboxylic acids is 15. The minimum atomic E-state index is -5.85. The van der Waals surface area contributed by atoms with Gasteiger partial charge < -0.3 is 88.3 Å². The largest absolute Gasteiger partial charge is 0.756 e. The number of aliphatic hydroxyl groups is 1. The molecule has 0 spiro atoms. The number of carbonyl (C=O) groups is 16. The molecule has 2 heterocycles. The summed E-state index contributed by atoms with van der Waals surface area (Å²) in [5.41, 5.74) is -2.68. The molecule has 0 radical (unpaired) electrons. The van der Waals surface area contributed by atoms with Gasteiger partial charge in [0.15, 0.2) is 23.5 Å². The number of phosphoric ester groups is 2. The third kappa shape index (κ3) is 21.3. The average Bonchev–Trinajstić information content (AvgIpc) is 1.49. The summed E-state index contributed by atoms with van der Waals surface area (Å²) in [4.78, 5) is 243. The van der Waals surface area contributed by atoms with Gasteiger partial charge in [0.2, 0.25) is 59.1 Å². The molecule has 3 saturated carbocycles. The van der Waals surface area contributed by atoms with Crippen molar-refractivity contribution < 1.29 is 129 Å². The zero-order chi connectivity index (χ0) is 83.6. The number of ketones is 2. The molecule has 6 aliphatic rings. The molecule has 4 N–H and O–H groups in total. The molecule has 7 rings (SSSR count). The lowest BCUT2D eigenvalue weighted by atomic mass is 9.46.